The average Bonchev–Trinajstić information content (AvgIpc) is 3.42. The van der Waals surface area contributed by atoms with E-state index in [1.807, 2.05) is 40.9 Å². The minimum absolute atomic E-state index is 0.245. The molecule has 0 radical (unpaired) electrons. The highest BCUT2D eigenvalue weighted by Crippen LogP contribution is 2.38. The van der Waals surface area contributed by atoms with Crippen molar-refractivity contribution in [2.75, 3.05) is 0 Å². The van der Waals surface area contributed by atoms with Crippen molar-refractivity contribution in [2.45, 2.75) is 32.2 Å². The van der Waals surface area contributed by atoms with Crippen LogP contribution in [0.5, 0.6) is 0 Å². The molecule has 4 aromatic rings. The third-order valence-corrected chi connectivity index (χ3v) is 5.81. The maximum absolute atomic E-state index is 8.97. The van der Waals surface area contributed by atoms with Crippen LogP contribution in [0.2, 0.25) is 0 Å². The molecule has 1 aliphatic carbocycles. The summed E-state index contributed by atoms with van der Waals surface area (Å²) in [7, 11) is 1.89. The quantitative estimate of drug-likeness (QED) is 0.524. The van der Waals surface area contributed by atoms with Gasteiger partial charge in [-0.25, -0.2) is 9.50 Å². The Morgan fingerprint density at radius 1 is 1.14 bits per heavy atom. The van der Waals surface area contributed by atoms with E-state index in [0.29, 0.717) is 5.92 Å². The van der Waals surface area contributed by atoms with Crippen molar-refractivity contribution < 1.29 is 0 Å². The minimum atomic E-state index is 0.245. The number of nitrogens with zero attached hydrogens (tertiary/aromatic N) is 8. The Labute approximate surface area is 168 Å². The summed E-state index contributed by atoms with van der Waals surface area (Å²) in [5, 5.41) is 22.2. The van der Waals surface area contributed by atoms with Gasteiger partial charge in [-0.05, 0) is 38.2 Å². The lowest BCUT2D eigenvalue weighted by molar-refractivity contribution is 0.200. The van der Waals surface area contributed by atoms with Crippen LogP contribution in [0.4, 0.5) is 0 Å². The number of rotatable bonds is 5. The molecule has 4 aromatic heterocycles. The molecule has 1 atom stereocenters. The summed E-state index contributed by atoms with van der Waals surface area (Å²) >= 11 is 0. The second-order valence-corrected chi connectivity index (χ2v) is 8.00. The van der Waals surface area contributed by atoms with E-state index in [2.05, 4.69) is 34.5 Å². The molecule has 5 rings (SSSR count). The average molecular weight is 386 g/mol. The molecule has 29 heavy (non-hydrogen) atoms. The Morgan fingerprint density at radius 3 is 2.72 bits per heavy atom. The Balaban J connectivity index is 1.45. The van der Waals surface area contributed by atoms with Gasteiger partial charge in [0.25, 0.3) is 0 Å². The van der Waals surface area contributed by atoms with Crippen LogP contribution in [0.25, 0.3) is 28.0 Å². The molecule has 0 aliphatic heterocycles. The zero-order valence-electron chi connectivity index (χ0n) is 16.5. The normalized spacial score (nSPS) is 19.8. The van der Waals surface area contributed by atoms with Crippen LogP contribution in [-0.4, -0.2) is 34.2 Å². The molecule has 0 amide bonds. The van der Waals surface area contributed by atoms with Crippen molar-refractivity contribution in [1.82, 2.24) is 34.2 Å². The predicted molar refractivity (Wildman–Crippen MR) is 108 cm³/mol. The van der Waals surface area contributed by atoms with E-state index in [1.165, 1.54) is 0 Å². The topological polar surface area (TPSA) is 89.6 Å². The summed E-state index contributed by atoms with van der Waals surface area (Å²) in [6.07, 6.45) is 14.5. The van der Waals surface area contributed by atoms with Gasteiger partial charge in [-0.3, -0.25) is 9.36 Å². The summed E-state index contributed by atoms with van der Waals surface area (Å²) < 4.78 is 5.63. The molecule has 0 spiro atoms. The molecule has 8 nitrogen and oxygen atoms in total. The highest BCUT2D eigenvalue weighted by Gasteiger charge is 2.30. The number of nitriles is 1. The molecule has 1 unspecified atom stereocenters. The van der Waals surface area contributed by atoms with E-state index in [9.17, 15) is 0 Å². The van der Waals surface area contributed by atoms with Gasteiger partial charge in [-0.2, -0.15) is 20.6 Å². The fourth-order valence-corrected chi connectivity index (χ4v) is 4.16. The summed E-state index contributed by atoms with van der Waals surface area (Å²) in [6, 6.07) is 4.61. The summed E-state index contributed by atoms with van der Waals surface area (Å²) in [5.41, 5.74) is 4.54. The monoisotopic (exact) mass is 386 g/mol. The lowest BCUT2D eigenvalue weighted by Crippen LogP contribution is -2.25. The molecule has 0 bridgehead atoms. The molecule has 1 saturated carbocycles. The number of hydrogen-bond acceptors (Lipinski definition) is 5. The second-order valence-electron chi connectivity index (χ2n) is 8.00. The Kier molecular flexibility index (Phi) is 4.16. The minimum Gasteiger partial charge on any atom is -0.275 e. The van der Waals surface area contributed by atoms with Gasteiger partial charge < -0.3 is 0 Å². The Hall–Kier alpha value is -3.47. The van der Waals surface area contributed by atoms with Crippen LogP contribution in [0.3, 0.4) is 0 Å². The van der Waals surface area contributed by atoms with Crippen LogP contribution in [0, 0.1) is 23.2 Å². The Morgan fingerprint density at radius 2 is 1.97 bits per heavy atom. The van der Waals surface area contributed by atoms with E-state index in [1.54, 1.807) is 17.1 Å². The van der Waals surface area contributed by atoms with Gasteiger partial charge in [-0.1, -0.05) is 0 Å². The maximum Gasteiger partial charge on any atom is 0.0999 e. The maximum atomic E-state index is 8.97. The first-order valence-electron chi connectivity index (χ1n) is 9.88. The van der Waals surface area contributed by atoms with Crippen LogP contribution in [0.15, 0.2) is 43.2 Å². The van der Waals surface area contributed by atoms with Crippen molar-refractivity contribution in [3.8, 4) is 28.6 Å². The largest absolute Gasteiger partial charge is 0.275 e. The summed E-state index contributed by atoms with van der Waals surface area (Å²) in [4.78, 5) is 4.91. The molecular weight excluding hydrogens is 364 g/mol. The molecule has 1 fully saturated rings. The first kappa shape index (κ1) is 17.6. The van der Waals surface area contributed by atoms with Gasteiger partial charge in [0.05, 0.1) is 47.8 Å². The number of hydrogen-bond donors (Lipinski definition) is 0. The van der Waals surface area contributed by atoms with Gasteiger partial charge in [0.1, 0.15) is 0 Å². The van der Waals surface area contributed by atoms with Crippen molar-refractivity contribution >= 4 is 5.52 Å². The smallest absolute Gasteiger partial charge is 0.0999 e. The third kappa shape index (κ3) is 3.18. The van der Waals surface area contributed by atoms with E-state index < -0.39 is 0 Å². The van der Waals surface area contributed by atoms with Crippen molar-refractivity contribution in [1.29, 1.82) is 5.26 Å². The highest BCUT2D eigenvalue weighted by atomic mass is 15.3. The van der Waals surface area contributed by atoms with Gasteiger partial charge in [0.2, 0.25) is 0 Å². The highest BCUT2D eigenvalue weighted by molar-refractivity contribution is 5.78. The lowest BCUT2D eigenvalue weighted by atomic mass is 9.73. The number of fused-ring (bicyclic) bond motifs is 1. The molecule has 0 N–H and O–H groups in total. The zero-order valence-corrected chi connectivity index (χ0v) is 16.5. The number of aromatic nitrogens is 7. The first-order chi connectivity index (χ1) is 14.1. The molecule has 146 valence electrons. The molecular formula is C21H22N8. The van der Waals surface area contributed by atoms with Crippen molar-refractivity contribution in [2.24, 2.45) is 18.9 Å². The molecule has 4 heterocycles. The van der Waals surface area contributed by atoms with Crippen molar-refractivity contribution in [3.63, 3.8) is 0 Å². The van der Waals surface area contributed by atoms with Crippen LogP contribution >= 0.6 is 0 Å². The second kappa shape index (κ2) is 6.85. The van der Waals surface area contributed by atoms with Crippen LogP contribution < -0.4 is 0 Å². The third-order valence-electron chi connectivity index (χ3n) is 5.81. The molecule has 0 saturated heterocycles. The van der Waals surface area contributed by atoms with E-state index in [-0.39, 0.29) is 12.0 Å². The van der Waals surface area contributed by atoms with Crippen LogP contribution in [0.1, 0.15) is 32.2 Å². The van der Waals surface area contributed by atoms with Gasteiger partial charge in [-0.15, -0.1) is 0 Å². The molecule has 1 aliphatic rings. The standard InChI is InChI=1S/C21H22N8/c1-14(5-15-6-16(7-15)8-22)28-12-18(10-25-28)21-20-3-4-23-29(20)13-19(26-21)17-9-24-27(2)11-17/h3-4,9-16H,5-7H2,1-2H3. The molecule has 8 heteroatoms. The van der Waals surface area contributed by atoms with E-state index >= 15 is 0 Å². The first-order valence-corrected chi connectivity index (χ1v) is 9.88. The van der Waals surface area contributed by atoms with Crippen LogP contribution in [-0.2, 0) is 7.05 Å². The summed E-state index contributed by atoms with van der Waals surface area (Å²) in [6.45, 7) is 2.18. The Bertz CT molecular complexity index is 1200. The predicted octanol–water partition coefficient (Wildman–Crippen LogP) is 3.49. The summed E-state index contributed by atoms with van der Waals surface area (Å²) in [5.74, 6) is 0.866. The van der Waals surface area contributed by atoms with Gasteiger partial charge in [0.15, 0.2) is 0 Å². The van der Waals surface area contributed by atoms with E-state index in [0.717, 1.165) is 47.3 Å². The lowest BCUT2D eigenvalue weighted by Gasteiger charge is -2.32. The number of aryl methyl sites for hydroxylation is 1. The van der Waals surface area contributed by atoms with Crippen molar-refractivity contribution in [3.05, 3.63) is 43.2 Å². The fraction of sp³-hybridized carbons (Fsp3) is 0.381. The molecule has 0 aromatic carbocycles. The van der Waals surface area contributed by atoms with Gasteiger partial charge in [0, 0.05) is 42.5 Å². The SMILES string of the molecule is CC(CC1CC(C#N)C1)n1cc(-c2nc(-c3cnn(C)c3)cn3nccc23)cn1. The zero-order chi connectivity index (χ0) is 20.0. The fourth-order valence-electron chi connectivity index (χ4n) is 4.16. The van der Waals surface area contributed by atoms with E-state index in [4.69, 9.17) is 10.2 Å². The van der Waals surface area contributed by atoms with Gasteiger partial charge >= 0.3 is 0 Å².